The maximum Gasteiger partial charge on any atom is 0.222 e. The third kappa shape index (κ3) is 4.43. The number of piperazine rings is 1. The molecule has 27 heavy (non-hydrogen) atoms. The van der Waals surface area contributed by atoms with E-state index in [4.69, 9.17) is 4.74 Å². The molecule has 2 aromatic rings. The highest BCUT2D eigenvalue weighted by atomic mass is 16.5. The number of rotatable bonds is 6. The minimum absolute atomic E-state index is 0.345. The van der Waals surface area contributed by atoms with Crippen LogP contribution >= 0.6 is 0 Å². The van der Waals surface area contributed by atoms with Crippen molar-refractivity contribution in [1.29, 1.82) is 0 Å². The van der Waals surface area contributed by atoms with Crippen molar-refractivity contribution in [2.75, 3.05) is 33.3 Å². The number of aromatic nitrogens is 2. The Morgan fingerprint density at radius 3 is 2.74 bits per heavy atom. The molecule has 1 aromatic heterocycles. The number of amides is 1. The molecule has 1 aromatic carbocycles. The summed E-state index contributed by atoms with van der Waals surface area (Å²) in [6.45, 7) is 4.28. The number of aromatic amines is 1. The predicted molar refractivity (Wildman–Crippen MR) is 106 cm³/mol. The lowest BCUT2D eigenvalue weighted by Crippen LogP contribution is -2.48. The minimum Gasteiger partial charge on any atom is -0.497 e. The number of benzene rings is 1. The minimum atomic E-state index is 0.345. The second kappa shape index (κ2) is 8.30. The van der Waals surface area contributed by atoms with Crippen LogP contribution in [0.4, 0.5) is 0 Å². The molecule has 1 saturated carbocycles. The Morgan fingerprint density at radius 2 is 2.00 bits per heavy atom. The molecule has 1 aliphatic heterocycles. The smallest absolute Gasteiger partial charge is 0.222 e. The molecule has 1 N–H and O–H groups in total. The summed E-state index contributed by atoms with van der Waals surface area (Å²) in [4.78, 5) is 25.0. The van der Waals surface area contributed by atoms with Gasteiger partial charge in [-0.2, -0.15) is 0 Å². The van der Waals surface area contributed by atoms with Gasteiger partial charge < -0.3 is 14.6 Å². The molecule has 0 unspecified atom stereocenters. The second-order valence-corrected chi connectivity index (χ2v) is 7.91. The van der Waals surface area contributed by atoms with Gasteiger partial charge >= 0.3 is 0 Å². The van der Waals surface area contributed by atoms with Gasteiger partial charge in [0.15, 0.2) is 0 Å². The van der Waals surface area contributed by atoms with E-state index in [2.05, 4.69) is 19.8 Å². The molecule has 4 rings (SSSR count). The molecular formula is C21H30N4O2. The summed E-state index contributed by atoms with van der Waals surface area (Å²) in [6.07, 6.45) is 7.17. The number of carbonyl (C=O) groups excluding carboxylic acids is 1. The van der Waals surface area contributed by atoms with Crippen molar-refractivity contribution < 1.29 is 9.53 Å². The second-order valence-electron chi connectivity index (χ2n) is 7.91. The van der Waals surface area contributed by atoms with Crippen LogP contribution in [0.2, 0.25) is 0 Å². The highest BCUT2D eigenvalue weighted by molar-refractivity contribution is 5.77. The average Bonchev–Trinajstić information content (AvgIpc) is 3.35. The zero-order chi connectivity index (χ0) is 18.6. The molecular weight excluding hydrogens is 340 g/mol. The molecule has 6 nitrogen and oxygen atoms in total. The van der Waals surface area contributed by atoms with E-state index >= 15 is 0 Å². The molecule has 2 aliphatic rings. The molecule has 6 heteroatoms. The van der Waals surface area contributed by atoms with Gasteiger partial charge in [-0.15, -0.1) is 0 Å². The van der Waals surface area contributed by atoms with Crippen molar-refractivity contribution in [2.24, 2.45) is 5.92 Å². The van der Waals surface area contributed by atoms with Gasteiger partial charge in [-0.1, -0.05) is 25.7 Å². The highest BCUT2D eigenvalue weighted by Gasteiger charge is 2.23. The van der Waals surface area contributed by atoms with Crippen LogP contribution in [-0.2, 0) is 11.3 Å². The molecule has 0 bridgehead atoms. The van der Waals surface area contributed by atoms with Crippen LogP contribution in [0.25, 0.3) is 11.0 Å². The van der Waals surface area contributed by atoms with E-state index in [1.165, 1.54) is 25.7 Å². The summed E-state index contributed by atoms with van der Waals surface area (Å²) in [7, 11) is 1.67. The molecule has 1 amide bonds. The summed E-state index contributed by atoms with van der Waals surface area (Å²) in [6, 6.07) is 5.89. The fourth-order valence-electron chi connectivity index (χ4n) is 4.40. The lowest BCUT2D eigenvalue weighted by Gasteiger charge is -2.34. The van der Waals surface area contributed by atoms with E-state index < -0.39 is 0 Å². The van der Waals surface area contributed by atoms with Crippen molar-refractivity contribution in [2.45, 2.75) is 45.1 Å². The van der Waals surface area contributed by atoms with Gasteiger partial charge in [-0.05, 0) is 24.5 Å². The zero-order valence-corrected chi connectivity index (χ0v) is 16.2. The van der Waals surface area contributed by atoms with Gasteiger partial charge in [0, 0.05) is 38.7 Å². The van der Waals surface area contributed by atoms with Gasteiger partial charge in [0.2, 0.25) is 5.91 Å². The van der Waals surface area contributed by atoms with Gasteiger partial charge in [0.25, 0.3) is 0 Å². The molecule has 2 fully saturated rings. The number of fused-ring (bicyclic) bond motifs is 1. The molecule has 1 saturated heterocycles. The highest BCUT2D eigenvalue weighted by Crippen LogP contribution is 2.28. The monoisotopic (exact) mass is 370 g/mol. The maximum absolute atomic E-state index is 12.5. The number of carbonyl (C=O) groups is 1. The van der Waals surface area contributed by atoms with Crippen LogP contribution in [0.3, 0.4) is 0 Å². The lowest BCUT2D eigenvalue weighted by molar-refractivity contribution is -0.133. The Bertz CT molecular complexity index is 774. The zero-order valence-electron chi connectivity index (χ0n) is 16.2. The van der Waals surface area contributed by atoms with Crippen LogP contribution in [0.1, 0.15) is 44.3 Å². The number of H-pyrrole nitrogens is 1. The fourth-order valence-corrected chi connectivity index (χ4v) is 4.40. The third-order valence-corrected chi connectivity index (χ3v) is 6.08. The number of hydrogen-bond acceptors (Lipinski definition) is 4. The molecule has 0 atom stereocenters. The molecule has 146 valence electrons. The summed E-state index contributed by atoms with van der Waals surface area (Å²) < 4.78 is 5.27. The maximum atomic E-state index is 12.5. The number of imidazole rings is 1. The van der Waals surface area contributed by atoms with Crippen LogP contribution in [-0.4, -0.2) is 59.0 Å². The van der Waals surface area contributed by atoms with Gasteiger partial charge in [0.05, 0.1) is 24.7 Å². The summed E-state index contributed by atoms with van der Waals surface area (Å²) in [5.74, 6) is 2.95. The Labute approximate surface area is 160 Å². The number of nitrogens with zero attached hydrogens (tertiary/aromatic N) is 3. The van der Waals surface area contributed by atoms with E-state index in [0.29, 0.717) is 5.91 Å². The quantitative estimate of drug-likeness (QED) is 0.848. The van der Waals surface area contributed by atoms with E-state index in [-0.39, 0.29) is 0 Å². The first-order valence-corrected chi connectivity index (χ1v) is 10.2. The first-order valence-electron chi connectivity index (χ1n) is 10.2. The van der Waals surface area contributed by atoms with Crippen LogP contribution in [0, 0.1) is 5.92 Å². The molecule has 0 radical (unpaired) electrons. The third-order valence-electron chi connectivity index (χ3n) is 6.08. The van der Waals surface area contributed by atoms with E-state index in [9.17, 15) is 4.79 Å². The molecule has 1 aliphatic carbocycles. The topological polar surface area (TPSA) is 61.5 Å². The number of methoxy groups -OCH3 is 1. The van der Waals surface area contributed by atoms with Gasteiger partial charge in [-0.3, -0.25) is 9.69 Å². The standard InChI is InChI=1S/C21H30N4O2/c1-27-17-7-8-18-19(14-17)23-20(22-18)15-24-10-12-25(13-11-24)21(26)9-6-16-4-2-3-5-16/h7-8,14,16H,2-6,9-13,15H2,1H3,(H,22,23). The number of nitrogens with one attached hydrogen (secondary N) is 1. The van der Waals surface area contributed by atoms with Crippen molar-refractivity contribution in [1.82, 2.24) is 19.8 Å². The van der Waals surface area contributed by atoms with Crippen LogP contribution in [0.5, 0.6) is 5.75 Å². The first kappa shape index (κ1) is 18.3. The largest absolute Gasteiger partial charge is 0.497 e. The van der Waals surface area contributed by atoms with Crippen molar-refractivity contribution in [3.63, 3.8) is 0 Å². The van der Waals surface area contributed by atoms with Crippen molar-refractivity contribution in [3.8, 4) is 5.75 Å². The van der Waals surface area contributed by atoms with E-state index in [0.717, 1.165) is 74.1 Å². The van der Waals surface area contributed by atoms with Crippen LogP contribution in [0.15, 0.2) is 18.2 Å². The van der Waals surface area contributed by atoms with E-state index in [1.807, 2.05) is 18.2 Å². The summed E-state index contributed by atoms with van der Waals surface area (Å²) >= 11 is 0. The Balaban J connectivity index is 1.26. The van der Waals surface area contributed by atoms with Crippen molar-refractivity contribution in [3.05, 3.63) is 24.0 Å². The number of hydrogen-bond donors (Lipinski definition) is 1. The van der Waals surface area contributed by atoms with Gasteiger partial charge in [0.1, 0.15) is 11.6 Å². The normalized spacial score (nSPS) is 19.1. The fraction of sp³-hybridized carbons (Fsp3) is 0.619. The predicted octanol–water partition coefficient (Wildman–Crippen LogP) is 3.19. The Hall–Kier alpha value is -2.08. The van der Waals surface area contributed by atoms with E-state index in [1.54, 1.807) is 7.11 Å². The summed E-state index contributed by atoms with van der Waals surface area (Å²) in [5, 5.41) is 0. The van der Waals surface area contributed by atoms with Crippen molar-refractivity contribution >= 4 is 16.9 Å². The Morgan fingerprint density at radius 1 is 1.22 bits per heavy atom. The lowest BCUT2D eigenvalue weighted by atomic mass is 10.0. The SMILES string of the molecule is COc1ccc2nc(CN3CCN(C(=O)CCC4CCCC4)CC3)[nH]c2c1. The molecule has 2 heterocycles. The molecule has 0 spiro atoms. The Kier molecular flexibility index (Phi) is 5.62. The number of ether oxygens (including phenoxy) is 1. The van der Waals surface area contributed by atoms with Gasteiger partial charge in [-0.25, -0.2) is 4.98 Å². The first-order chi connectivity index (χ1) is 13.2. The average molecular weight is 370 g/mol. The van der Waals surface area contributed by atoms with Crippen LogP contribution < -0.4 is 4.74 Å². The summed E-state index contributed by atoms with van der Waals surface area (Å²) in [5.41, 5.74) is 1.97.